The van der Waals surface area contributed by atoms with E-state index in [4.69, 9.17) is 5.53 Å². The molecule has 0 unspecified atom stereocenters. The molecule has 1 N–H and O–H groups in total. The second-order valence-electron chi connectivity index (χ2n) is 7.11. The number of nitrogens with one attached hydrogen (secondary N) is 1. The van der Waals surface area contributed by atoms with E-state index in [0.717, 1.165) is 39.0 Å². The quantitative estimate of drug-likeness (QED) is 0.234. The van der Waals surface area contributed by atoms with Gasteiger partial charge < -0.3 is 4.57 Å². The number of azide groups is 1. The second kappa shape index (κ2) is 8.14. The number of rotatable bonds is 6. The Morgan fingerprint density at radius 3 is 2.61 bits per heavy atom. The van der Waals surface area contributed by atoms with Gasteiger partial charge in [0, 0.05) is 28.1 Å². The number of hydrogen-bond donors (Lipinski definition) is 1. The Bertz CT molecular complexity index is 1380. The first kappa shape index (κ1) is 18.6. The highest BCUT2D eigenvalue weighted by atomic mass is 15.5. The number of H-pyrrole nitrogens is 1. The van der Waals surface area contributed by atoms with Gasteiger partial charge in [-0.3, -0.25) is 0 Å². The van der Waals surface area contributed by atoms with Crippen LogP contribution in [0.15, 0.2) is 84.0 Å². The first-order valence-electron chi connectivity index (χ1n) is 9.88. The van der Waals surface area contributed by atoms with Crippen molar-refractivity contribution in [2.45, 2.75) is 6.42 Å². The average molecular weight is 406 g/mol. The van der Waals surface area contributed by atoms with Crippen LogP contribution in [0.1, 0.15) is 5.56 Å². The van der Waals surface area contributed by atoms with Crippen molar-refractivity contribution in [3.63, 3.8) is 0 Å². The van der Waals surface area contributed by atoms with Gasteiger partial charge in [0.15, 0.2) is 0 Å². The van der Waals surface area contributed by atoms with Crippen LogP contribution in [0.3, 0.4) is 0 Å². The Balaban J connectivity index is 1.68. The molecule has 0 saturated heterocycles. The highest BCUT2D eigenvalue weighted by molar-refractivity contribution is 5.90. The number of hydrogen-bond acceptors (Lipinski definition) is 4. The minimum atomic E-state index is 0.445. The normalized spacial score (nSPS) is 10.8. The molecule has 3 aromatic carbocycles. The third kappa shape index (κ3) is 3.63. The molecule has 5 rings (SSSR count). The molecule has 0 atom stereocenters. The fraction of sp³-hybridized carbons (Fsp3) is 0.0870. The van der Waals surface area contributed by atoms with Gasteiger partial charge in [0.25, 0.3) is 0 Å². The first-order chi connectivity index (χ1) is 15.3. The zero-order chi connectivity index (χ0) is 21.0. The Hall–Kier alpha value is -4.42. The van der Waals surface area contributed by atoms with Crippen LogP contribution in [0.2, 0.25) is 0 Å². The van der Waals surface area contributed by atoms with Crippen LogP contribution in [0.5, 0.6) is 0 Å². The van der Waals surface area contributed by atoms with Gasteiger partial charge in [0.05, 0.1) is 11.2 Å². The van der Waals surface area contributed by atoms with Gasteiger partial charge in [-0.05, 0) is 58.6 Å². The highest BCUT2D eigenvalue weighted by Crippen LogP contribution is 2.33. The third-order valence-electron chi connectivity index (χ3n) is 5.21. The number of aromatic amines is 1. The van der Waals surface area contributed by atoms with E-state index in [-0.39, 0.29) is 0 Å². The van der Waals surface area contributed by atoms with Gasteiger partial charge in [-0.2, -0.15) is 5.21 Å². The minimum absolute atomic E-state index is 0.445. The molecule has 150 valence electrons. The Labute approximate surface area is 177 Å². The number of tetrazole rings is 1. The van der Waals surface area contributed by atoms with Gasteiger partial charge in [-0.15, -0.1) is 10.2 Å². The predicted octanol–water partition coefficient (Wildman–Crippen LogP) is 5.33. The number of benzene rings is 3. The lowest BCUT2D eigenvalue weighted by Gasteiger charge is -2.12. The lowest BCUT2D eigenvalue weighted by molar-refractivity contribution is 0.881. The van der Waals surface area contributed by atoms with Crippen molar-refractivity contribution in [1.29, 1.82) is 0 Å². The fourth-order valence-corrected chi connectivity index (χ4v) is 3.81. The van der Waals surface area contributed by atoms with Gasteiger partial charge >= 0.3 is 0 Å². The summed E-state index contributed by atoms with van der Waals surface area (Å²) in [5, 5.41) is 19.2. The van der Waals surface area contributed by atoms with Crippen molar-refractivity contribution in [1.82, 2.24) is 25.2 Å². The Morgan fingerprint density at radius 2 is 1.81 bits per heavy atom. The molecular weight excluding hydrogens is 388 g/mol. The smallest absolute Gasteiger partial charge is 0.204 e. The van der Waals surface area contributed by atoms with Gasteiger partial charge in [0.2, 0.25) is 5.82 Å². The Morgan fingerprint density at radius 1 is 0.935 bits per heavy atom. The molecule has 2 heterocycles. The summed E-state index contributed by atoms with van der Waals surface area (Å²) >= 11 is 0. The van der Waals surface area contributed by atoms with E-state index in [9.17, 15) is 0 Å². The van der Waals surface area contributed by atoms with Crippen LogP contribution in [0, 0.1) is 0 Å². The molecule has 0 spiro atoms. The molecule has 0 fully saturated rings. The fourth-order valence-electron chi connectivity index (χ4n) is 3.81. The van der Waals surface area contributed by atoms with E-state index in [2.05, 4.69) is 83.7 Å². The van der Waals surface area contributed by atoms with Crippen LogP contribution in [-0.4, -0.2) is 31.7 Å². The topological polar surface area (TPSA) is 108 Å². The van der Waals surface area contributed by atoms with E-state index in [1.807, 2.05) is 30.3 Å². The molecule has 0 aliphatic rings. The summed E-state index contributed by atoms with van der Waals surface area (Å²) in [5.74, 6) is 0.555. The number of aromatic nitrogens is 5. The average Bonchev–Trinajstić information content (AvgIpc) is 3.48. The summed E-state index contributed by atoms with van der Waals surface area (Å²) < 4.78 is 2.24. The van der Waals surface area contributed by atoms with Crippen molar-refractivity contribution in [2.24, 2.45) is 5.11 Å². The molecule has 8 heteroatoms. The maximum Gasteiger partial charge on any atom is 0.204 e. The summed E-state index contributed by atoms with van der Waals surface area (Å²) in [7, 11) is 0. The van der Waals surface area contributed by atoms with Gasteiger partial charge in [0.1, 0.15) is 0 Å². The molecule has 0 amide bonds. The van der Waals surface area contributed by atoms with Gasteiger partial charge in [-0.1, -0.05) is 53.6 Å². The van der Waals surface area contributed by atoms with Crippen LogP contribution in [-0.2, 0) is 6.42 Å². The van der Waals surface area contributed by atoms with Crippen LogP contribution < -0.4 is 0 Å². The minimum Gasteiger partial charge on any atom is -0.309 e. The number of fused-ring (bicyclic) bond motifs is 1. The molecule has 0 aliphatic heterocycles. The summed E-state index contributed by atoms with van der Waals surface area (Å²) in [6.45, 7) is 0.445. The van der Waals surface area contributed by atoms with E-state index in [0.29, 0.717) is 18.8 Å². The molecule has 8 nitrogen and oxygen atoms in total. The molecular formula is C23H18N8. The SMILES string of the molecule is [N-]=[N+]=NCCc1ccc2c(c1)cc(-c1ccccc1)n2-c1cccc(-c2nn[nH]n2)c1. The number of nitrogens with zero attached hydrogens (tertiary/aromatic N) is 7. The zero-order valence-electron chi connectivity index (χ0n) is 16.6. The van der Waals surface area contributed by atoms with Crippen molar-refractivity contribution in [3.8, 4) is 28.3 Å². The lowest BCUT2D eigenvalue weighted by atomic mass is 10.1. The second-order valence-corrected chi connectivity index (χ2v) is 7.11. The van der Waals surface area contributed by atoms with Crippen LogP contribution in [0.25, 0.3) is 49.7 Å². The molecule has 31 heavy (non-hydrogen) atoms. The van der Waals surface area contributed by atoms with Gasteiger partial charge in [-0.25, -0.2) is 0 Å². The van der Waals surface area contributed by atoms with Crippen molar-refractivity contribution in [3.05, 3.63) is 94.9 Å². The largest absolute Gasteiger partial charge is 0.309 e. The van der Waals surface area contributed by atoms with Crippen molar-refractivity contribution >= 4 is 10.9 Å². The van der Waals surface area contributed by atoms with Crippen molar-refractivity contribution in [2.75, 3.05) is 6.54 Å². The third-order valence-corrected chi connectivity index (χ3v) is 5.21. The molecule has 0 aliphatic carbocycles. The predicted molar refractivity (Wildman–Crippen MR) is 120 cm³/mol. The summed E-state index contributed by atoms with van der Waals surface area (Å²) in [6, 6.07) is 27.0. The van der Waals surface area contributed by atoms with E-state index >= 15 is 0 Å². The highest BCUT2D eigenvalue weighted by Gasteiger charge is 2.14. The van der Waals surface area contributed by atoms with E-state index in [1.165, 1.54) is 0 Å². The maximum absolute atomic E-state index is 8.54. The standard InChI is InChI=1S/C23H18N8/c24-28-25-12-11-16-9-10-21-19(13-16)15-22(17-5-2-1-3-6-17)31(21)20-8-4-7-18(14-20)23-26-29-30-27-23/h1-10,13-15H,11-12H2,(H,26,27,29,30). The van der Waals surface area contributed by atoms with E-state index < -0.39 is 0 Å². The van der Waals surface area contributed by atoms with Crippen LogP contribution >= 0.6 is 0 Å². The van der Waals surface area contributed by atoms with E-state index in [1.54, 1.807) is 0 Å². The van der Waals surface area contributed by atoms with Crippen LogP contribution in [0.4, 0.5) is 0 Å². The lowest BCUT2D eigenvalue weighted by Crippen LogP contribution is -1.98. The first-order valence-corrected chi connectivity index (χ1v) is 9.88. The molecule has 0 saturated carbocycles. The molecule has 2 aromatic heterocycles. The zero-order valence-corrected chi connectivity index (χ0v) is 16.6. The molecule has 0 bridgehead atoms. The van der Waals surface area contributed by atoms with Crippen molar-refractivity contribution < 1.29 is 0 Å². The summed E-state index contributed by atoms with van der Waals surface area (Å²) in [6.07, 6.45) is 0.708. The summed E-state index contributed by atoms with van der Waals surface area (Å²) in [5.41, 5.74) is 14.9. The Kier molecular flexibility index (Phi) is 4.88. The summed E-state index contributed by atoms with van der Waals surface area (Å²) in [4.78, 5) is 2.84. The molecule has 5 aromatic rings. The maximum atomic E-state index is 8.54. The molecule has 0 radical (unpaired) electrons. The monoisotopic (exact) mass is 406 g/mol.